The fourth-order valence-corrected chi connectivity index (χ4v) is 1.71. The van der Waals surface area contributed by atoms with E-state index in [1.54, 1.807) is 7.05 Å². The van der Waals surface area contributed by atoms with E-state index in [1.165, 1.54) is 11.8 Å². The van der Waals surface area contributed by atoms with Crippen LogP contribution in [0.4, 0.5) is 0 Å². The van der Waals surface area contributed by atoms with Gasteiger partial charge in [0.15, 0.2) is 0 Å². The van der Waals surface area contributed by atoms with Crippen LogP contribution in [0.1, 0.15) is 19.8 Å². The zero-order valence-electron chi connectivity index (χ0n) is 10.3. The number of carbonyl (C=O) groups excluding carboxylic acids is 2. The Hall–Kier alpha value is -1.84. The van der Waals surface area contributed by atoms with Crippen molar-refractivity contribution in [1.29, 1.82) is 0 Å². The van der Waals surface area contributed by atoms with Crippen LogP contribution in [0.25, 0.3) is 0 Å². The number of hydrogen-bond donors (Lipinski definition) is 1. The maximum atomic E-state index is 11.5. The van der Waals surface area contributed by atoms with Gasteiger partial charge in [0, 0.05) is 14.0 Å². The summed E-state index contributed by atoms with van der Waals surface area (Å²) in [6.45, 7) is 1.55. The van der Waals surface area contributed by atoms with Crippen molar-refractivity contribution in [3.63, 3.8) is 0 Å². The zero-order valence-corrected chi connectivity index (χ0v) is 10.3. The van der Waals surface area contributed by atoms with Crippen molar-refractivity contribution in [2.24, 2.45) is 0 Å². The van der Waals surface area contributed by atoms with Gasteiger partial charge in [0.05, 0.1) is 17.9 Å². The molecule has 17 heavy (non-hydrogen) atoms. The molecule has 0 aromatic carbocycles. The monoisotopic (exact) mass is 234 g/mol. The third kappa shape index (κ3) is 3.59. The number of allylic oxidation sites excluding steroid dienone is 4. The summed E-state index contributed by atoms with van der Waals surface area (Å²) in [6.07, 6.45) is 10.4. The zero-order chi connectivity index (χ0) is 12.7. The van der Waals surface area contributed by atoms with Crippen LogP contribution in [-0.2, 0) is 9.59 Å². The molecule has 0 unspecified atom stereocenters. The third-order valence-electron chi connectivity index (χ3n) is 2.54. The van der Waals surface area contributed by atoms with E-state index in [2.05, 4.69) is 11.4 Å². The lowest BCUT2D eigenvalue weighted by molar-refractivity contribution is -0.128. The molecule has 1 N–H and O–H groups in total. The van der Waals surface area contributed by atoms with Crippen molar-refractivity contribution in [1.82, 2.24) is 10.2 Å². The molecule has 1 amide bonds. The quantitative estimate of drug-likeness (QED) is 0.747. The summed E-state index contributed by atoms with van der Waals surface area (Å²) in [4.78, 5) is 23.7. The summed E-state index contributed by atoms with van der Waals surface area (Å²) < 4.78 is 0. The topological polar surface area (TPSA) is 49.4 Å². The van der Waals surface area contributed by atoms with Crippen molar-refractivity contribution in [2.45, 2.75) is 19.8 Å². The van der Waals surface area contributed by atoms with E-state index in [4.69, 9.17) is 0 Å². The lowest BCUT2D eigenvalue weighted by Gasteiger charge is -2.24. The number of nitrogens with one attached hydrogen (secondary N) is 1. The molecule has 0 radical (unpaired) electrons. The second-order valence-corrected chi connectivity index (χ2v) is 3.72. The molecule has 0 aromatic rings. The first-order valence-electron chi connectivity index (χ1n) is 5.67. The van der Waals surface area contributed by atoms with Gasteiger partial charge in [-0.1, -0.05) is 18.2 Å². The number of likely N-dealkylation sites (N-methyl/N-ethyl adjacent to an activating group) is 1. The van der Waals surface area contributed by atoms with Gasteiger partial charge in [-0.05, 0) is 18.9 Å². The highest BCUT2D eigenvalue weighted by molar-refractivity contribution is 5.79. The standard InChI is InChI=1S/C13H18N2O2/c1-11(17)15(9-10-16)13-8-6-4-3-5-7-12(13)14-2/h3,5,7-8,10,14H,4,6,9H2,1-2H3/b5-3-,12-7?,13-8?. The maximum absolute atomic E-state index is 11.5. The van der Waals surface area contributed by atoms with Crippen LogP contribution in [-0.4, -0.2) is 30.7 Å². The van der Waals surface area contributed by atoms with Gasteiger partial charge in [-0.2, -0.15) is 0 Å². The molecular formula is C13H18N2O2. The molecular weight excluding hydrogens is 216 g/mol. The van der Waals surface area contributed by atoms with Crippen molar-refractivity contribution in [3.8, 4) is 0 Å². The Bertz CT molecular complexity index is 381. The van der Waals surface area contributed by atoms with E-state index >= 15 is 0 Å². The Kier molecular flexibility index (Phi) is 5.20. The Balaban J connectivity index is 3.07. The van der Waals surface area contributed by atoms with Gasteiger partial charge in [-0.25, -0.2) is 0 Å². The van der Waals surface area contributed by atoms with Crippen molar-refractivity contribution in [3.05, 3.63) is 35.7 Å². The first kappa shape index (κ1) is 13.2. The molecule has 4 heteroatoms. The first-order valence-corrected chi connectivity index (χ1v) is 5.67. The highest BCUT2D eigenvalue weighted by Crippen LogP contribution is 2.17. The van der Waals surface area contributed by atoms with Crippen LogP contribution in [0, 0.1) is 0 Å². The summed E-state index contributed by atoms with van der Waals surface area (Å²) in [5.41, 5.74) is 1.62. The summed E-state index contributed by atoms with van der Waals surface area (Å²) >= 11 is 0. The highest BCUT2D eigenvalue weighted by Gasteiger charge is 2.16. The molecule has 0 saturated carbocycles. The number of amides is 1. The molecule has 0 bridgehead atoms. The smallest absolute Gasteiger partial charge is 0.224 e. The van der Waals surface area contributed by atoms with Gasteiger partial charge >= 0.3 is 0 Å². The Morgan fingerprint density at radius 2 is 2.29 bits per heavy atom. The molecule has 0 fully saturated rings. The summed E-state index contributed by atoms with van der Waals surface area (Å²) in [7, 11) is 1.80. The van der Waals surface area contributed by atoms with E-state index in [-0.39, 0.29) is 12.5 Å². The Labute approximate surface area is 102 Å². The minimum absolute atomic E-state index is 0.0872. The molecule has 0 aliphatic heterocycles. The van der Waals surface area contributed by atoms with Crippen LogP contribution in [0.15, 0.2) is 35.7 Å². The van der Waals surface area contributed by atoms with Crippen LogP contribution in [0.2, 0.25) is 0 Å². The molecule has 0 spiro atoms. The van der Waals surface area contributed by atoms with Crippen LogP contribution in [0.3, 0.4) is 0 Å². The van der Waals surface area contributed by atoms with Crippen LogP contribution >= 0.6 is 0 Å². The van der Waals surface area contributed by atoms with E-state index in [0.717, 1.165) is 30.5 Å². The lowest BCUT2D eigenvalue weighted by atomic mass is 10.1. The Morgan fingerprint density at radius 1 is 1.53 bits per heavy atom. The fourth-order valence-electron chi connectivity index (χ4n) is 1.71. The number of aldehydes is 1. The van der Waals surface area contributed by atoms with Gasteiger partial charge < -0.3 is 15.0 Å². The molecule has 0 saturated heterocycles. The van der Waals surface area contributed by atoms with Gasteiger partial charge in [-0.3, -0.25) is 4.79 Å². The molecule has 1 aliphatic carbocycles. The Morgan fingerprint density at radius 3 is 2.88 bits per heavy atom. The van der Waals surface area contributed by atoms with Crippen molar-refractivity contribution >= 4 is 12.2 Å². The first-order chi connectivity index (χ1) is 8.20. The van der Waals surface area contributed by atoms with Crippen LogP contribution < -0.4 is 5.32 Å². The van der Waals surface area contributed by atoms with Gasteiger partial charge in [0.1, 0.15) is 6.29 Å². The normalized spacial score (nSPS) is 17.1. The minimum Gasteiger partial charge on any atom is -0.386 e. The largest absolute Gasteiger partial charge is 0.386 e. The number of nitrogens with zero attached hydrogens (tertiary/aromatic N) is 1. The van der Waals surface area contributed by atoms with Crippen molar-refractivity contribution in [2.75, 3.05) is 13.6 Å². The molecule has 92 valence electrons. The molecule has 4 nitrogen and oxygen atoms in total. The molecule has 1 aliphatic rings. The van der Waals surface area contributed by atoms with E-state index in [0.29, 0.717) is 0 Å². The van der Waals surface area contributed by atoms with Crippen molar-refractivity contribution < 1.29 is 9.59 Å². The van der Waals surface area contributed by atoms with E-state index in [9.17, 15) is 9.59 Å². The lowest BCUT2D eigenvalue weighted by Crippen LogP contribution is -2.33. The average Bonchev–Trinajstić information content (AvgIpc) is 2.27. The van der Waals surface area contributed by atoms with E-state index < -0.39 is 0 Å². The van der Waals surface area contributed by atoms with Gasteiger partial charge in [-0.15, -0.1) is 0 Å². The summed E-state index contributed by atoms with van der Waals surface area (Å²) in [5.74, 6) is -0.131. The molecule has 0 heterocycles. The minimum atomic E-state index is -0.131. The molecule has 0 atom stereocenters. The average molecular weight is 234 g/mol. The molecule has 1 rings (SSSR count). The van der Waals surface area contributed by atoms with Crippen LogP contribution in [0.5, 0.6) is 0 Å². The van der Waals surface area contributed by atoms with Gasteiger partial charge in [0.2, 0.25) is 5.91 Å². The highest BCUT2D eigenvalue weighted by atomic mass is 16.2. The molecule has 0 aromatic heterocycles. The SMILES string of the molecule is CNC1=C/C=C\CCC=C1N(CC=O)C(C)=O. The predicted octanol–water partition coefficient (Wildman–Crippen LogP) is 1.37. The number of rotatable bonds is 4. The fraction of sp³-hybridized carbons (Fsp3) is 0.385. The second kappa shape index (κ2) is 6.68. The second-order valence-electron chi connectivity index (χ2n) is 3.72. The third-order valence-corrected chi connectivity index (χ3v) is 2.54. The predicted molar refractivity (Wildman–Crippen MR) is 67.1 cm³/mol. The number of hydrogen-bond acceptors (Lipinski definition) is 3. The summed E-state index contributed by atoms with van der Waals surface area (Å²) in [5, 5.41) is 3.05. The number of carbonyl (C=O) groups is 2. The van der Waals surface area contributed by atoms with Gasteiger partial charge in [0.25, 0.3) is 0 Å². The summed E-state index contributed by atoms with van der Waals surface area (Å²) in [6, 6.07) is 0. The van der Waals surface area contributed by atoms with E-state index in [1.807, 2.05) is 18.2 Å². The maximum Gasteiger partial charge on any atom is 0.224 e.